The summed E-state index contributed by atoms with van der Waals surface area (Å²) >= 11 is 0. The molecule has 1 unspecified atom stereocenters. The lowest BCUT2D eigenvalue weighted by atomic mass is 9.75. The number of hydrogen-bond donors (Lipinski definition) is 0. The van der Waals surface area contributed by atoms with E-state index in [2.05, 4.69) is 6.07 Å². The number of fused-ring (bicyclic) bond motifs is 1. The maximum Gasteiger partial charge on any atom is 0.173 e. The summed E-state index contributed by atoms with van der Waals surface area (Å²) in [5.41, 5.74) is 1.68. The first-order valence-corrected chi connectivity index (χ1v) is 9.13. The van der Waals surface area contributed by atoms with Gasteiger partial charge in [0.05, 0.1) is 17.6 Å². The van der Waals surface area contributed by atoms with E-state index in [9.17, 15) is 9.18 Å². The average Bonchev–Trinajstić information content (AvgIpc) is 3.10. The Morgan fingerprint density at radius 2 is 1.92 bits per heavy atom. The largest absolute Gasteiger partial charge is 0.486 e. The quantitative estimate of drug-likeness (QED) is 0.755. The summed E-state index contributed by atoms with van der Waals surface area (Å²) in [6.07, 6.45) is 4.67. The highest BCUT2D eigenvalue weighted by Gasteiger charge is 2.50. The highest BCUT2D eigenvalue weighted by molar-refractivity contribution is 6.02. The van der Waals surface area contributed by atoms with Gasteiger partial charge in [0.2, 0.25) is 0 Å². The number of carbonyl (C=O) groups excluding carboxylic acids is 1. The van der Waals surface area contributed by atoms with Crippen LogP contribution in [0.3, 0.4) is 0 Å². The van der Waals surface area contributed by atoms with E-state index in [0.29, 0.717) is 24.2 Å². The fourth-order valence-corrected chi connectivity index (χ4v) is 4.40. The van der Waals surface area contributed by atoms with Crippen LogP contribution in [0.2, 0.25) is 0 Å². The summed E-state index contributed by atoms with van der Waals surface area (Å²) in [4.78, 5) is 13.1. The molecule has 1 spiro atoms. The van der Waals surface area contributed by atoms with Crippen molar-refractivity contribution in [1.29, 1.82) is 5.26 Å². The minimum atomic E-state index is -0.485. The molecule has 132 valence electrons. The van der Waals surface area contributed by atoms with Gasteiger partial charge in [0, 0.05) is 6.42 Å². The van der Waals surface area contributed by atoms with Gasteiger partial charge in [0.15, 0.2) is 5.78 Å². The Kier molecular flexibility index (Phi) is 4.24. The summed E-state index contributed by atoms with van der Waals surface area (Å²) in [7, 11) is 0. The standard InChI is InChI=1S/C22H20FNO2/c23-17-6-3-5-15(13-17)16-8-9-18-20(14-16)26-22(10-1-2-11-22)19(21(18)25)7-4-12-24/h3,5-6,8-9,13-14,19H,1-2,4,7,10-11H2. The number of nitriles is 1. The molecule has 1 aliphatic carbocycles. The van der Waals surface area contributed by atoms with Crippen molar-refractivity contribution in [3.63, 3.8) is 0 Å². The Hall–Kier alpha value is -2.67. The van der Waals surface area contributed by atoms with Crippen LogP contribution in [0.25, 0.3) is 11.1 Å². The molecule has 1 aliphatic heterocycles. The van der Waals surface area contributed by atoms with Crippen molar-refractivity contribution in [2.75, 3.05) is 0 Å². The van der Waals surface area contributed by atoms with E-state index >= 15 is 0 Å². The maximum atomic E-state index is 13.6. The van der Waals surface area contributed by atoms with Crippen molar-refractivity contribution in [1.82, 2.24) is 0 Å². The molecule has 2 aliphatic rings. The number of nitrogens with zero attached hydrogens (tertiary/aromatic N) is 1. The van der Waals surface area contributed by atoms with Crippen molar-refractivity contribution in [2.24, 2.45) is 5.92 Å². The Morgan fingerprint density at radius 3 is 2.65 bits per heavy atom. The highest BCUT2D eigenvalue weighted by Crippen LogP contribution is 2.48. The van der Waals surface area contributed by atoms with Gasteiger partial charge < -0.3 is 4.74 Å². The van der Waals surface area contributed by atoms with Crippen LogP contribution in [0, 0.1) is 23.1 Å². The second-order valence-corrected chi connectivity index (χ2v) is 7.21. The lowest BCUT2D eigenvalue weighted by Crippen LogP contribution is -2.48. The van der Waals surface area contributed by atoms with Crippen LogP contribution < -0.4 is 4.74 Å². The van der Waals surface area contributed by atoms with Crippen LogP contribution in [0.15, 0.2) is 42.5 Å². The molecule has 0 radical (unpaired) electrons. The summed E-state index contributed by atoms with van der Waals surface area (Å²) in [5.74, 6) is 0.124. The topological polar surface area (TPSA) is 50.1 Å². The summed E-state index contributed by atoms with van der Waals surface area (Å²) in [5, 5.41) is 8.96. The fraction of sp³-hybridized carbons (Fsp3) is 0.364. The van der Waals surface area contributed by atoms with Gasteiger partial charge in [0.25, 0.3) is 0 Å². The molecular weight excluding hydrogens is 329 g/mol. The fourth-order valence-electron chi connectivity index (χ4n) is 4.40. The number of ether oxygens (including phenoxy) is 1. The Morgan fingerprint density at radius 1 is 1.15 bits per heavy atom. The van der Waals surface area contributed by atoms with Gasteiger partial charge >= 0.3 is 0 Å². The first-order valence-electron chi connectivity index (χ1n) is 9.13. The third-order valence-electron chi connectivity index (χ3n) is 5.66. The van der Waals surface area contributed by atoms with Crippen molar-refractivity contribution in [3.05, 3.63) is 53.8 Å². The second-order valence-electron chi connectivity index (χ2n) is 7.21. The maximum absolute atomic E-state index is 13.6. The molecule has 26 heavy (non-hydrogen) atoms. The summed E-state index contributed by atoms with van der Waals surface area (Å²) < 4.78 is 20.0. The Balaban J connectivity index is 1.75. The summed E-state index contributed by atoms with van der Waals surface area (Å²) in [6, 6.07) is 14.0. The van der Waals surface area contributed by atoms with Gasteiger partial charge in [-0.3, -0.25) is 4.79 Å². The molecule has 0 amide bonds. The van der Waals surface area contributed by atoms with E-state index in [1.807, 2.05) is 18.2 Å². The monoisotopic (exact) mass is 349 g/mol. The van der Waals surface area contributed by atoms with Crippen LogP contribution >= 0.6 is 0 Å². The minimum Gasteiger partial charge on any atom is -0.486 e. The second kappa shape index (κ2) is 6.57. The third kappa shape index (κ3) is 2.78. The normalized spacial score (nSPS) is 20.5. The number of halogens is 1. The van der Waals surface area contributed by atoms with E-state index in [-0.39, 0.29) is 17.5 Å². The van der Waals surface area contributed by atoms with Crippen LogP contribution in [-0.2, 0) is 0 Å². The minimum absolute atomic E-state index is 0.0780. The van der Waals surface area contributed by atoms with Crippen LogP contribution in [0.5, 0.6) is 5.75 Å². The highest BCUT2D eigenvalue weighted by atomic mass is 19.1. The predicted molar refractivity (Wildman–Crippen MR) is 96.3 cm³/mol. The van der Waals surface area contributed by atoms with Crippen LogP contribution in [0.4, 0.5) is 4.39 Å². The van der Waals surface area contributed by atoms with Gasteiger partial charge in [0.1, 0.15) is 17.2 Å². The number of carbonyl (C=O) groups is 1. The number of Topliss-reactive ketones (excluding diaryl/α,β-unsaturated/α-hetero) is 1. The number of benzene rings is 2. The predicted octanol–water partition coefficient (Wildman–Crippen LogP) is 5.30. The van der Waals surface area contributed by atoms with Crippen molar-refractivity contribution in [3.8, 4) is 22.9 Å². The van der Waals surface area contributed by atoms with Crippen molar-refractivity contribution < 1.29 is 13.9 Å². The first kappa shape index (κ1) is 16.8. The van der Waals surface area contributed by atoms with Gasteiger partial charge in [-0.15, -0.1) is 0 Å². The average molecular weight is 349 g/mol. The molecule has 1 heterocycles. The van der Waals surface area contributed by atoms with E-state index in [0.717, 1.165) is 36.8 Å². The third-order valence-corrected chi connectivity index (χ3v) is 5.66. The number of hydrogen-bond acceptors (Lipinski definition) is 3. The number of rotatable bonds is 3. The first-order chi connectivity index (χ1) is 12.6. The zero-order valence-electron chi connectivity index (χ0n) is 14.5. The molecule has 4 rings (SSSR count). The van der Waals surface area contributed by atoms with E-state index in [1.165, 1.54) is 12.1 Å². The SMILES string of the molecule is N#CCCC1C(=O)c2ccc(-c3cccc(F)c3)cc2OC12CCCC2. The summed E-state index contributed by atoms with van der Waals surface area (Å²) in [6.45, 7) is 0. The molecule has 2 aromatic carbocycles. The lowest BCUT2D eigenvalue weighted by Gasteiger charge is -2.41. The van der Waals surface area contributed by atoms with E-state index < -0.39 is 5.60 Å². The Bertz CT molecular complexity index is 893. The van der Waals surface area contributed by atoms with E-state index in [1.54, 1.807) is 12.1 Å². The molecule has 2 aromatic rings. The zero-order valence-corrected chi connectivity index (χ0v) is 14.5. The molecule has 1 atom stereocenters. The molecule has 4 heteroatoms. The molecule has 0 aromatic heterocycles. The molecule has 0 saturated heterocycles. The Labute approximate surface area is 152 Å². The molecule has 0 bridgehead atoms. The zero-order chi connectivity index (χ0) is 18.1. The lowest BCUT2D eigenvalue weighted by molar-refractivity contribution is 0.00319. The molecule has 1 saturated carbocycles. The van der Waals surface area contributed by atoms with Crippen LogP contribution in [-0.4, -0.2) is 11.4 Å². The molecule has 3 nitrogen and oxygen atoms in total. The smallest absolute Gasteiger partial charge is 0.173 e. The van der Waals surface area contributed by atoms with Crippen molar-refractivity contribution in [2.45, 2.75) is 44.1 Å². The van der Waals surface area contributed by atoms with Gasteiger partial charge in [-0.2, -0.15) is 5.26 Å². The number of ketones is 1. The van der Waals surface area contributed by atoms with Gasteiger partial charge in [-0.1, -0.05) is 18.2 Å². The molecular formula is C22H20FNO2. The van der Waals surface area contributed by atoms with Crippen molar-refractivity contribution >= 4 is 5.78 Å². The van der Waals surface area contributed by atoms with E-state index in [4.69, 9.17) is 10.00 Å². The van der Waals surface area contributed by atoms with Crippen LogP contribution in [0.1, 0.15) is 48.9 Å². The van der Waals surface area contributed by atoms with Gasteiger partial charge in [-0.25, -0.2) is 4.39 Å². The molecule has 0 N–H and O–H groups in total. The van der Waals surface area contributed by atoms with Gasteiger partial charge in [-0.05, 0) is 67.5 Å². The molecule has 1 fully saturated rings.